The molecule has 1 fully saturated rings. The zero-order valence-corrected chi connectivity index (χ0v) is 16.3. The van der Waals surface area contributed by atoms with Crippen molar-refractivity contribution in [3.63, 3.8) is 0 Å². The van der Waals surface area contributed by atoms with Crippen molar-refractivity contribution < 1.29 is 13.2 Å². The van der Waals surface area contributed by atoms with Crippen LogP contribution in [0.2, 0.25) is 10.0 Å². The summed E-state index contributed by atoms with van der Waals surface area (Å²) < 4.78 is 27.4. The summed E-state index contributed by atoms with van der Waals surface area (Å²) in [6, 6.07) is 11.1. The highest BCUT2D eigenvalue weighted by Crippen LogP contribution is 2.27. The largest absolute Gasteiger partial charge is 0.346 e. The van der Waals surface area contributed by atoms with Crippen LogP contribution in [0.3, 0.4) is 0 Å². The average Bonchev–Trinajstić information content (AvgIpc) is 3.38. The molecule has 3 rings (SSSR count). The van der Waals surface area contributed by atoms with Crippen molar-refractivity contribution in [3.05, 3.63) is 63.6 Å². The quantitative estimate of drug-likeness (QED) is 0.754. The Labute approximate surface area is 162 Å². The third-order valence-electron chi connectivity index (χ3n) is 4.10. The van der Waals surface area contributed by atoms with E-state index in [-0.39, 0.29) is 33.5 Å². The topological polar surface area (TPSA) is 75.3 Å². The van der Waals surface area contributed by atoms with Gasteiger partial charge in [-0.3, -0.25) is 4.79 Å². The molecule has 0 bridgehead atoms. The summed E-state index contributed by atoms with van der Waals surface area (Å²) in [7, 11) is -3.75. The molecule has 1 aliphatic rings. The first-order valence-corrected chi connectivity index (χ1v) is 10.4. The van der Waals surface area contributed by atoms with Crippen LogP contribution in [0, 0.1) is 0 Å². The average molecular weight is 413 g/mol. The Bertz CT molecular complexity index is 926. The predicted molar refractivity (Wildman–Crippen MR) is 102 cm³/mol. The Hall–Kier alpha value is -1.60. The molecule has 138 valence electrons. The van der Waals surface area contributed by atoms with E-state index in [1.165, 1.54) is 18.2 Å². The molecule has 2 aromatic carbocycles. The maximum Gasteiger partial charge on any atom is 0.251 e. The number of halogens is 2. The van der Waals surface area contributed by atoms with Crippen LogP contribution in [0.5, 0.6) is 0 Å². The Morgan fingerprint density at radius 3 is 2.38 bits per heavy atom. The number of rotatable bonds is 6. The number of amides is 1. The van der Waals surface area contributed by atoms with Gasteiger partial charge in [0, 0.05) is 16.6 Å². The molecule has 0 radical (unpaired) electrons. The van der Waals surface area contributed by atoms with E-state index >= 15 is 0 Å². The van der Waals surface area contributed by atoms with E-state index in [1.807, 2.05) is 19.1 Å². The predicted octanol–water partition coefficient (Wildman–Crippen LogP) is 3.93. The summed E-state index contributed by atoms with van der Waals surface area (Å²) in [5.41, 5.74) is 1.12. The zero-order chi connectivity index (χ0) is 18.9. The molecule has 26 heavy (non-hydrogen) atoms. The fourth-order valence-corrected chi connectivity index (χ4v) is 4.41. The van der Waals surface area contributed by atoms with E-state index < -0.39 is 10.0 Å². The molecule has 0 saturated heterocycles. The van der Waals surface area contributed by atoms with Crippen molar-refractivity contribution in [2.75, 3.05) is 0 Å². The first-order chi connectivity index (χ1) is 12.3. The summed E-state index contributed by atoms with van der Waals surface area (Å²) in [4.78, 5) is 12.4. The molecule has 2 aromatic rings. The molecular formula is C18H18Cl2N2O3S. The van der Waals surface area contributed by atoms with Crippen LogP contribution in [-0.4, -0.2) is 20.4 Å². The highest BCUT2D eigenvalue weighted by molar-refractivity contribution is 7.89. The van der Waals surface area contributed by atoms with E-state index in [4.69, 9.17) is 23.2 Å². The standard InChI is InChI=1S/C18H18Cl2N2O3S/c1-11(12-2-5-14(19)6-3-12)21-18(23)13-4-9-16(20)17(10-13)26(24,25)22-15-7-8-15/h2-6,9-11,15,22H,7-8H2,1H3,(H,21,23)/t11-/m0/s1. The summed E-state index contributed by atoms with van der Waals surface area (Å²) in [6.07, 6.45) is 1.63. The van der Waals surface area contributed by atoms with E-state index in [2.05, 4.69) is 10.0 Å². The smallest absolute Gasteiger partial charge is 0.251 e. The molecule has 0 aromatic heterocycles. The molecule has 1 saturated carbocycles. The van der Waals surface area contributed by atoms with Gasteiger partial charge in [0.25, 0.3) is 5.91 Å². The number of carbonyl (C=O) groups is 1. The molecule has 8 heteroatoms. The van der Waals surface area contributed by atoms with Gasteiger partial charge in [-0.05, 0) is 55.7 Å². The maximum absolute atomic E-state index is 12.5. The van der Waals surface area contributed by atoms with Gasteiger partial charge in [-0.15, -0.1) is 0 Å². The van der Waals surface area contributed by atoms with Gasteiger partial charge in [0.05, 0.1) is 11.1 Å². The van der Waals surface area contributed by atoms with Crippen LogP contribution in [-0.2, 0) is 10.0 Å². The van der Waals surface area contributed by atoms with Crippen molar-refractivity contribution in [2.24, 2.45) is 0 Å². The molecule has 0 heterocycles. The van der Waals surface area contributed by atoms with Crippen molar-refractivity contribution in [1.82, 2.24) is 10.0 Å². The fraction of sp³-hybridized carbons (Fsp3) is 0.278. The Balaban J connectivity index is 1.79. The lowest BCUT2D eigenvalue weighted by Crippen LogP contribution is -2.28. The molecule has 1 atom stereocenters. The summed E-state index contributed by atoms with van der Waals surface area (Å²) in [5, 5.41) is 3.54. The van der Waals surface area contributed by atoms with Crippen LogP contribution in [0.15, 0.2) is 47.4 Å². The van der Waals surface area contributed by atoms with Gasteiger partial charge >= 0.3 is 0 Å². The van der Waals surface area contributed by atoms with Crippen molar-refractivity contribution in [3.8, 4) is 0 Å². The zero-order valence-electron chi connectivity index (χ0n) is 14.0. The second-order valence-corrected chi connectivity index (χ2v) is 8.81. The van der Waals surface area contributed by atoms with Crippen LogP contribution in [0.25, 0.3) is 0 Å². The van der Waals surface area contributed by atoms with Crippen LogP contribution in [0.4, 0.5) is 0 Å². The van der Waals surface area contributed by atoms with Crippen molar-refractivity contribution in [2.45, 2.75) is 36.7 Å². The molecular weight excluding hydrogens is 395 g/mol. The fourth-order valence-electron chi connectivity index (χ4n) is 2.45. The van der Waals surface area contributed by atoms with Gasteiger partial charge in [0.15, 0.2) is 0 Å². The van der Waals surface area contributed by atoms with Crippen LogP contribution in [0.1, 0.15) is 41.7 Å². The van der Waals surface area contributed by atoms with Gasteiger partial charge < -0.3 is 5.32 Å². The molecule has 2 N–H and O–H groups in total. The van der Waals surface area contributed by atoms with E-state index in [9.17, 15) is 13.2 Å². The van der Waals surface area contributed by atoms with Crippen molar-refractivity contribution >= 4 is 39.1 Å². The van der Waals surface area contributed by atoms with Gasteiger partial charge in [0.2, 0.25) is 10.0 Å². The highest BCUT2D eigenvalue weighted by Gasteiger charge is 2.29. The summed E-state index contributed by atoms with van der Waals surface area (Å²) in [6.45, 7) is 1.84. The lowest BCUT2D eigenvalue weighted by atomic mass is 10.1. The molecule has 0 aliphatic heterocycles. The monoisotopic (exact) mass is 412 g/mol. The second kappa shape index (κ2) is 7.56. The third-order valence-corrected chi connectivity index (χ3v) is 6.35. The van der Waals surface area contributed by atoms with E-state index in [0.29, 0.717) is 5.02 Å². The number of benzene rings is 2. The first kappa shape index (κ1) is 19.2. The van der Waals surface area contributed by atoms with E-state index in [1.54, 1.807) is 12.1 Å². The van der Waals surface area contributed by atoms with Gasteiger partial charge in [0.1, 0.15) is 4.90 Å². The normalized spacial score (nSPS) is 15.5. The minimum atomic E-state index is -3.75. The van der Waals surface area contributed by atoms with Crippen LogP contribution < -0.4 is 10.0 Å². The first-order valence-electron chi connectivity index (χ1n) is 8.14. The number of hydrogen-bond donors (Lipinski definition) is 2. The number of nitrogens with one attached hydrogen (secondary N) is 2. The Kier molecular flexibility index (Phi) is 5.58. The van der Waals surface area contributed by atoms with Crippen molar-refractivity contribution in [1.29, 1.82) is 0 Å². The van der Waals surface area contributed by atoms with Gasteiger partial charge in [-0.1, -0.05) is 35.3 Å². The Morgan fingerprint density at radius 1 is 1.12 bits per heavy atom. The number of sulfonamides is 1. The summed E-state index contributed by atoms with van der Waals surface area (Å²) in [5.74, 6) is -0.382. The van der Waals surface area contributed by atoms with Gasteiger partial charge in [-0.25, -0.2) is 13.1 Å². The number of carbonyl (C=O) groups excluding carboxylic acids is 1. The molecule has 0 spiro atoms. The molecule has 5 nitrogen and oxygen atoms in total. The molecule has 1 amide bonds. The molecule has 0 unspecified atom stereocenters. The van der Waals surface area contributed by atoms with Gasteiger partial charge in [-0.2, -0.15) is 0 Å². The van der Waals surface area contributed by atoms with E-state index in [0.717, 1.165) is 18.4 Å². The maximum atomic E-state index is 12.5. The van der Waals surface area contributed by atoms with Crippen LogP contribution >= 0.6 is 23.2 Å². The highest BCUT2D eigenvalue weighted by atomic mass is 35.5. The molecule has 1 aliphatic carbocycles. The minimum Gasteiger partial charge on any atom is -0.346 e. The number of hydrogen-bond acceptors (Lipinski definition) is 3. The SMILES string of the molecule is C[C@H](NC(=O)c1ccc(Cl)c(S(=O)(=O)NC2CC2)c1)c1ccc(Cl)cc1. The third kappa shape index (κ3) is 4.57. The Morgan fingerprint density at radius 2 is 1.77 bits per heavy atom. The summed E-state index contributed by atoms with van der Waals surface area (Å²) >= 11 is 11.9. The lowest BCUT2D eigenvalue weighted by molar-refractivity contribution is 0.0939. The lowest BCUT2D eigenvalue weighted by Gasteiger charge is -2.15. The second-order valence-electron chi connectivity index (χ2n) is 6.29. The minimum absolute atomic E-state index is 0.0431.